The van der Waals surface area contributed by atoms with Gasteiger partial charge in [-0.25, -0.2) is 0 Å². The first-order chi connectivity index (χ1) is 10.1. The zero-order valence-corrected chi connectivity index (χ0v) is 12.4. The topological polar surface area (TPSA) is 48.0 Å². The summed E-state index contributed by atoms with van der Waals surface area (Å²) in [4.78, 5) is 13.9. The van der Waals surface area contributed by atoms with E-state index >= 15 is 0 Å². The second-order valence-electron chi connectivity index (χ2n) is 4.99. The van der Waals surface area contributed by atoms with Crippen LogP contribution >= 0.6 is 11.6 Å². The van der Waals surface area contributed by atoms with Gasteiger partial charge in [-0.15, -0.1) is 0 Å². The van der Waals surface area contributed by atoms with Gasteiger partial charge in [-0.1, -0.05) is 17.7 Å². The number of ether oxygens (including phenoxy) is 3. The maximum atomic E-state index is 12.2. The summed E-state index contributed by atoms with van der Waals surface area (Å²) in [5, 5.41) is 0.633. The Bertz CT molecular complexity index is 581. The normalized spacial score (nSPS) is 18.7. The Hall–Kier alpha value is -1.88. The standard InChI is InChI=1S/C15H16ClNO4/c1-10-14(20-6-5-19-10)15(18)17-8-13(9-17)21-12-4-2-3-11(16)7-12/h2-4,7,13H,5-6,8-9H2,1H3. The fraction of sp³-hybridized carbons (Fsp3) is 0.400. The van der Waals surface area contributed by atoms with E-state index < -0.39 is 0 Å². The van der Waals surface area contributed by atoms with Crippen LogP contribution in [0.1, 0.15) is 6.92 Å². The second kappa shape index (κ2) is 5.85. The Morgan fingerprint density at radius 2 is 2.10 bits per heavy atom. The summed E-state index contributed by atoms with van der Waals surface area (Å²) in [6.45, 7) is 3.71. The van der Waals surface area contributed by atoms with Crippen molar-refractivity contribution in [2.75, 3.05) is 26.3 Å². The minimum atomic E-state index is -0.141. The first-order valence-corrected chi connectivity index (χ1v) is 7.19. The van der Waals surface area contributed by atoms with E-state index in [2.05, 4.69) is 0 Å². The molecule has 3 rings (SSSR count). The minimum absolute atomic E-state index is 0.0159. The van der Waals surface area contributed by atoms with E-state index in [4.69, 9.17) is 25.8 Å². The summed E-state index contributed by atoms with van der Waals surface area (Å²) in [6.07, 6.45) is -0.0159. The van der Waals surface area contributed by atoms with Gasteiger partial charge in [0, 0.05) is 5.02 Å². The van der Waals surface area contributed by atoms with Gasteiger partial charge in [0.05, 0.1) is 13.1 Å². The van der Waals surface area contributed by atoms with E-state index in [0.717, 1.165) is 0 Å². The van der Waals surface area contributed by atoms with Crippen molar-refractivity contribution >= 4 is 17.5 Å². The Kier molecular flexibility index (Phi) is 3.92. The van der Waals surface area contributed by atoms with Crippen molar-refractivity contribution in [1.29, 1.82) is 0 Å². The Morgan fingerprint density at radius 3 is 2.81 bits per heavy atom. The van der Waals surface area contributed by atoms with Crippen LogP contribution in [-0.2, 0) is 14.3 Å². The molecule has 0 aliphatic carbocycles. The van der Waals surface area contributed by atoms with Gasteiger partial charge in [-0.3, -0.25) is 4.79 Å². The molecule has 1 aromatic rings. The van der Waals surface area contributed by atoms with Gasteiger partial charge in [0.1, 0.15) is 30.8 Å². The second-order valence-corrected chi connectivity index (χ2v) is 5.43. The maximum Gasteiger partial charge on any atom is 0.292 e. The fourth-order valence-corrected chi connectivity index (χ4v) is 2.45. The molecule has 1 fully saturated rings. The van der Waals surface area contributed by atoms with Crippen LogP contribution in [0.2, 0.25) is 5.02 Å². The van der Waals surface area contributed by atoms with Crippen LogP contribution < -0.4 is 4.74 Å². The van der Waals surface area contributed by atoms with Crippen LogP contribution in [0.4, 0.5) is 0 Å². The molecule has 2 aliphatic rings. The Morgan fingerprint density at radius 1 is 1.33 bits per heavy atom. The molecule has 0 radical (unpaired) electrons. The van der Waals surface area contributed by atoms with Crippen LogP contribution in [0.5, 0.6) is 5.75 Å². The summed E-state index contributed by atoms with van der Waals surface area (Å²) >= 11 is 5.91. The van der Waals surface area contributed by atoms with E-state index in [1.54, 1.807) is 24.0 Å². The van der Waals surface area contributed by atoms with Crippen molar-refractivity contribution in [2.45, 2.75) is 13.0 Å². The number of benzene rings is 1. The minimum Gasteiger partial charge on any atom is -0.491 e. The lowest BCUT2D eigenvalue weighted by molar-refractivity contribution is -0.141. The van der Waals surface area contributed by atoms with Crippen molar-refractivity contribution in [2.24, 2.45) is 0 Å². The smallest absolute Gasteiger partial charge is 0.292 e. The van der Waals surface area contributed by atoms with Crippen molar-refractivity contribution in [3.8, 4) is 5.75 Å². The molecule has 0 atom stereocenters. The highest BCUT2D eigenvalue weighted by atomic mass is 35.5. The highest BCUT2D eigenvalue weighted by Gasteiger charge is 2.36. The molecular weight excluding hydrogens is 294 g/mol. The molecule has 2 aliphatic heterocycles. The van der Waals surface area contributed by atoms with Crippen molar-refractivity contribution in [1.82, 2.24) is 4.90 Å². The molecular formula is C15H16ClNO4. The molecule has 5 nitrogen and oxygen atoms in total. The van der Waals surface area contributed by atoms with E-state index in [9.17, 15) is 4.79 Å². The number of hydrogen-bond donors (Lipinski definition) is 0. The number of likely N-dealkylation sites (tertiary alicyclic amines) is 1. The molecule has 0 saturated carbocycles. The van der Waals surface area contributed by atoms with Crippen LogP contribution in [0, 0.1) is 0 Å². The lowest BCUT2D eigenvalue weighted by Gasteiger charge is -2.39. The van der Waals surface area contributed by atoms with Gasteiger partial charge in [0.15, 0.2) is 0 Å². The highest BCUT2D eigenvalue weighted by molar-refractivity contribution is 6.30. The Labute approximate surface area is 128 Å². The molecule has 1 amide bonds. The van der Waals surface area contributed by atoms with Gasteiger partial charge in [0.2, 0.25) is 5.76 Å². The third kappa shape index (κ3) is 3.08. The quantitative estimate of drug-likeness (QED) is 0.859. The zero-order chi connectivity index (χ0) is 14.8. The number of allylic oxidation sites excluding steroid dienone is 1. The average Bonchev–Trinajstić information content (AvgIpc) is 2.42. The zero-order valence-electron chi connectivity index (χ0n) is 11.7. The number of halogens is 1. The molecule has 2 heterocycles. The summed E-state index contributed by atoms with van der Waals surface area (Å²) in [5.41, 5.74) is 0. The SMILES string of the molecule is CC1=C(C(=O)N2CC(Oc3cccc(Cl)c3)C2)OCCO1. The molecule has 0 bridgehead atoms. The summed E-state index contributed by atoms with van der Waals surface area (Å²) < 4.78 is 16.5. The molecule has 0 aromatic heterocycles. The molecule has 21 heavy (non-hydrogen) atoms. The number of carbonyl (C=O) groups is 1. The van der Waals surface area contributed by atoms with Gasteiger partial charge in [-0.05, 0) is 25.1 Å². The van der Waals surface area contributed by atoms with Crippen LogP contribution in [0.25, 0.3) is 0 Å². The van der Waals surface area contributed by atoms with Crippen molar-refractivity contribution < 1.29 is 19.0 Å². The van der Waals surface area contributed by atoms with Crippen LogP contribution in [0.3, 0.4) is 0 Å². The van der Waals surface area contributed by atoms with E-state index in [1.807, 2.05) is 12.1 Å². The number of rotatable bonds is 3. The van der Waals surface area contributed by atoms with E-state index in [-0.39, 0.29) is 12.0 Å². The largest absolute Gasteiger partial charge is 0.491 e. The summed E-state index contributed by atoms with van der Waals surface area (Å²) in [6, 6.07) is 7.24. The lowest BCUT2D eigenvalue weighted by atomic mass is 10.1. The first kappa shape index (κ1) is 14.1. The van der Waals surface area contributed by atoms with Gasteiger partial charge in [-0.2, -0.15) is 0 Å². The number of hydrogen-bond acceptors (Lipinski definition) is 4. The number of amides is 1. The van der Waals surface area contributed by atoms with Gasteiger partial charge < -0.3 is 19.1 Å². The molecule has 112 valence electrons. The third-order valence-corrected chi connectivity index (χ3v) is 3.63. The van der Waals surface area contributed by atoms with Gasteiger partial charge >= 0.3 is 0 Å². The average molecular weight is 310 g/mol. The maximum absolute atomic E-state index is 12.2. The molecule has 0 N–H and O–H groups in total. The predicted molar refractivity (Wildman–Crippen MR) is 77.1 cm³/mol. The molecule has 6 heteroatoms. The molecule has 0 spiro atoms. The third-order valence-electron chi connectivity index (χ3n) is 3.40. The predicted octanol–water partition coefficient (Wildman–Crippen LogP) is 2.21. The monoisotopic (exact) mass is 309 g/mol. The fourth-order valence-electron chi connectivity index (χ4n) is 2.27. The summed E-state index contributed by atoms with van der Waals surface area (Å²) in [7, 11) is 0. The van der Waals surface area contributed by atoms with Crippen molar-refractivity contribution in [3.05, 3.63) is 40.8 Å². The number of nitrogens with zero attached hydrogens (tertiary/aromatic N) is 1. The molecule has 1 aromatic carbocycles. The number of carbonyl (C=O) groups excluding carboxylic acids is 1. The lowest BCUT2D eigenvalue weighted by Crippen LogP contribution is -2.57. The molecule has 0 unspecified atom stereocenters. The van der Waals surface area contributed by atoms with Crippen molar-refractivity contribution in [3.63, 3.8) is 0 Å². The molecule has 1 saturated heterocycles. The van der Waals surface area contributed by atoms with E-state index in [0.29, 0.717) is 48.6 Å². The van der Waals surface area contributed by atoms with Gasteiger partial charge in [0.25, 0.3) is 5.91 Å². The van der Waals surface area contributed by atoms with Crippen LogP contribution in [0.15, 0.2) is 35.8 Å². The summed E-state index contributed by atoms with van der Waals surface area (Å²) in [5.74, 6) is 1.43. The highest BCUT2D eigenvalue weighted by Crippen LogP contribution is 2.24. The first-order valence-electron chi connectivity index (χ1n) is 6.81. The van der Waals surface area contributed by atoms with E-state index in [1.165, 1.54) is 0 Å². The Balaban J connectivity index is 1.55. The van der Waals surface area contributed by atoms with Crippen LogP contribution in [-0.4, -0.2) is 43.2 Å².